The molecule has 1 atom stereocenters. The molecule has 0 radical (unpaired) electrons. The normalized spacial score (nSPS) is 17.9. The van der Waals surface area contributed by atoms with Crippen LogP contribution in [0.15, 0.2) is 36.4 Å². The Bertz CT molecular complexity index is 894. The average molecular weight is 480 g/mol. The van der Waals surface area contributed by atoms with E-state index in [1.165, 1.54) is 12.1 Å². The lowest BCUT2D eigenvalue weighted by atomic mass is 9.68. The van der Waals surface area contributed by atoms with Crippen molar-refractivity contribution in [2.24, 2.45) is 17.6 Å². The molecule has 1 saturated carbocycles. The molecule has 1 unspecified atom stereocenters. The van der Waals surface area contributed by atoms with E-state index >= 15 is 0 Å². The van der Waals surface area contributed by atoms with Gasteiger partial charge in [-0.1, -0.05) is 36.6 Å². The number of rotatable bonds is 10. The van der Waals surface area contributed by atoms with Gasteiger partial charge in [-0.3, -0.25) is 0 Å². The Morgan fingerprint density at radius 1 is 1.06 bits per heavy atom. The Morgan fingerprint density at radius 2 is 1.64 bits per heavy atom. The van der Waals surface area contributed by atoms with Crippen LogP contribution in [0.3, 0.4) is 0 Å². The molecule has 0 spiro atoms. The SMILES string of the molecule is NC(CCCCB(O)O)C1CC(CCc2c(F)cc(-c3ccc(Cl)cc3)cc2F)C1.O=C=O. The van der Waals surface area contributed by atoms with Crippen molar-refractivity contribution in [3.05, 3.63) is 58.6 Å². The van der Waals surface area contributed by atoms with Crippen LogP contribution in [0.1, 0.15) is 44.1 Å². The minimum Gasteiger partial charge on any atom is -0.427 e. The Morgan fingerprint density at radius 3 is 2.18 bits per heavy atom. The molecule has 0 heterocycles. The van der Waals surface area contributed by atoms with Crippen molar-refractivity contribution < 1.29 is 28.4 Å². The number of nitrogens with two attached hydrogens (primary N) is 1. The fraction of sp³-hybridized carbons (Fsp3) is 0.458. The van der Waals surface area contributed by atoms with Gasteiger partial charge in [0.2, 0.25) is 0 Å². The molecule has 0 amide bonds. The van der Waals surface area contributed by atoms with Gasteiger partial charge in [0.1, 0.15) is 11.6 Å². The first-order valence-corrected chi connectivity index (χ1v) is 11.5. The molecule has 1 aliphatic rings. The lowest BCUT2D eigenvalue weighted by Gasteiger charge is -2.39. The first-order valence-electron chi connectivity index (χ1n) is 11.1. The van der Waals surface area contributed by atoms with Crippen molar-refractivity contribution in [2.75, 3.05) is 0 Å². The fourth-order valence-electron chi connectivity index (χ4n) is 4.31. The molecule has 33 heavy (non-hydrogen) atoms. The van der Waals surface area contributed by atoms with E-state index in [-0.39, 0.29) is 17.8 Å². The van der Waals surface area contributed by atoms with Gasteiger partial charge in [-0.2, -0.15) is 9.59 Å². The number of benzene rings is 2. The molecule has 4 N–H and O–H groups in total. The van der Waals surface area contributed by atoms with Gasteiger partial charge in [0.05, 0.1) is 0 Å². The summed E-state index contributed by atoms with van der Waals surface area (Å²) in [5.41, 5.74) is 7.63. The summed E-state index contributed by atoms with van der Waals surface area (Å²) in [6.07, 6.45) is 6.29. The van der Waals surface area contributed by atoms with Crippen molar-refractivity contribution in [3.63, 3.8) is 0 Å². The molecule has 9 heteroatoms. The topological polar surface area (TPSA) is 101 Å². The van der Waals surface area contributed by atoms with Gasteiger partial charge in [-0.05, 0) is 85.7 Å². The van der Waals surface area contributed by atoms with Crippen LogP contribution in [0, 0.1) is 23.5 Å². The molecule has 0 bridgehead atoms. The number of hydrogen-bond acceptors (Lipinski definition) is 5. The summed E-state index contributed by atoms with van der Waals surface area (Å²) < 4.78 is 29.1. The van der Waals surface area contributed by atoms with E-state index in [1.54, 1.807) is 24.3 Å². The third-order valence-corrected chi connectivity index (χ3v) is 6.50. The molecular formula is C24H29BClF2NO4. The Hall–Kier alpha value is -2.09. The molecule has 0 aliphatic heterocycles. The van der Waals surface area contributed by atoms with Crippen LogP contribution in [0.2, 0.25) is 11.3 Å². The number of carbonyl (C=O) groups excluding carboxylic acids is 2. The van der Waals surface area contributed by atoms with E-state index in [4.69, 9.17) is 37.0 Å². The Labute approximate surface area is 198 Å². The maximum absolute atomic E-state index is 14.6. The maximum atomic E-state index is 14.6. The first kappa shape index (κ1) is 27.2. The minimum absolute atomic E-state index is 0.115. The van der Waals surface area contributed by atoms with Crippen LogP contribution in [0.5, 0.6) is 0 Å². The number of halogens is 3. The van der Waals surface area contributed by atoms with E-state index in [0.29, 0.717) is 35.2 Å². The molecule has 1 fully saturated rings. The zero-order valence-corrected chi connectivity index (χ0v) is 19.1. The van der Waals surface area contributed by atoms with E-state index in [0.717, 1.165) is 44.1 Å². The second-order valence-electron chi connectivity index (χ2n) is 8.57. The lowest BCUT2D eigenvalue weighted by Crippen LogP contribution is -2.39. The van der Waals surface area contributed by atoms with E-state index < -0.39 is 18.8 Å². The fourth-order valence-corrected chi connectivity index (χ4v) is 4.44. The Kier molecular flexibility index (Phi) is 11.2. The quantitative estimate of drug-likeness (QED) is 0.341. The second-order valence-corrected chi connectivity index (χ2v) is 9.01. The summed E-state index contributed by atoms with van der Waals surface area (Å²) in [7, 11) is -1.24. The van der Waals surface area contributed by atoms with Crippen LogP contribution in [-0.2, 0) is 16.0 Å². The van der Waals surface area contributed by atoms with E-state index in [2.05, 4.69) is 0 Å². The van der Waals surface area contributed by atoms with Gasteiger partial charge in [0.15, 0.2) is 0 Å². The summed E-state index contributed by atoms with van der Waals surface area (Å²) in [5, 5.41) is 18.3. The zero-order valence-electron chi connectivity index (χ0n) is 18.4. The van der Waals surface area contributed by atoms with Crippen LogP contribution in [-0.4, -0.2) is 29.4 Å². The maximum Gasteiger partial charge on any atom is 0.451 e. The molecule has 0 aromatic heterocycles. The van der Waals surface area contributed by atoms with E-state index in [1.807, 2.05) is 0 Å². The van der Waals surface area contributed by atoms with Crippen LogP contribution in [0.25, 0.3) is 11.1 Å². The summed E-state index contributed by atoms with van der Waals surface area (Å²) >= 11 is 5.88. The summed E-state index contributed by atoms with van der Waals surface area (Å²) in [4.78, 5) is 16.2. The summed E-state index contributed by atoms with van der Waals surface area (Å²) in [6.45, 7) is 0. The molecular weight excluding hydrogens is 451 g/mol. The summed E-state index contributed by atoms with van der Waals surface area (Å²) in [6, 6.07) is 9.81. The molecule has 2 aromatic carbocycles. The largest absolute Gasteiger partial charge is 0.451 e. The highest BCUT2D eigenvalue weighted by Crippen LogP contribution is 2.40. The van der Waals surface area contributed by atoms with E-state index in [9.17, 15) is 8.78 Å². The molecule has 0 saturated heterocycles. The summed E-state index contributed by atoms with van der Waals surface area (Å²) in [5.74, 6) is -0.0942. The van der Waals surface area contributed by atoms with Crippen LogP contribution < -0.4 is 5.73 Å². The van der Waals surface area contributed by atoms with Gasteiger partial charge >= 0.3 is 13.3 Å². The van der Waals surface area contributed by atoms with Gasteiger partial charge in [0.25, 0.3) is 0 Å². The number of hydrogen-bond donors (Lipinski definition) is 3. The molecule has 5 nitrogen and oxygen atoms in total. The standard InChI is InChI=1S/C23H29BClF2NO2.CO2/c25-19-7-5-16(6-8-19)17-13-21(26)20(22(27)14-17)9-4-15-11-18(12-15)23(28)3-1-2-10-24(29)30;2-1-3/h5-8,13-15,18,23,29-30H,1-4,9-12,28H2;. The predicted molar refractivity (Wildman–Crippen MR) is 123 cm³/mol. The zero-order chi connectivity index (χ0) is 24.4. The molecule has 2 aromatic rings. The smallest absolute Gasteiger partial charge is 0.427 e. The third kappa shape index (κ3) is 8.65. The predicted octanol–water partition coefficient (Wildman–Crippen LogP) is 4.63. The van der Waals surface area contributed by atoms with Crippen molar-refractivity contribution in [1.82, 2.24) is 0 Å². The Balaban J connectivity index is 0.00000122. The molecule has 178 valence electrons. The highest BCUT2D eigenvalue weighted by Gasteiger charge is 2.33. The van der Waals surface area contributed by atoms with Crippen molar-refractivity contribution in [2.45, 2.75) is 57.3 Å². The highest BCUT2D eigenvalue weighted by atomic mass is 35.5. The van der Waals surface area contributed by atoms with Crippen molar-refractivity contribution >= 4 is 24.9 Å². The third-order valence-electron chi connectivity index (χ3n) is 6.25. The first-order chi connectivity index (χ1) is 15.7. The average Bonchev–Trinajstić information content (AvgIpc) is 2.72. The van der Waals surface area contributed by atoms with Gasteiger partial charge in [-0.25, -0.2) is 8.78 Å². The van der Waals surface area contributed by atoms with Gasteiger partial charge in [-0.15, -0.1) is 0 Å². The number of unbranched alkanes of at least 4 members (excludes halogenated alkanes) is 1. The lowest BCUT2D eigenvalue weighted by molar-refractivity contribution is -0.191. The van der Waals surface area contributed by atoms with Gasteiger partial charge in [0, 0.05) is 16.6 Å². The second kappa shape index (κ2) is 13.6. The van der Waals surface area contributed by atoms with Crippen LogP contribution in [0.4, 0.5) is 8.78 Å². The van der Waals surface area contributed by atoms with Crippen molar-refractivity contribution in [3.8, 4) is 11.1 Å². The van der Waals surface area contributed by atoms with Gasteiger partial charge < -0.3 is 15.8 Å². The monoisotopic (exact) mass is 479 g/mol. The molecule has 1 aliphatic carbocycles. The van der Waals surface area contributed by atoms with Crippen LogP contribution >= 0.6 is 11.6 Å². The minimum atomic E-state index is -1.24. The molecule has 3 rings (SSSR count). The highest BCUT2D eigenvalue weighted by molar-refractivity contribution is 6.40. The van der Waals surface area contributed by atoms with Crippen molar-refractivity contribution in [1.29, 1.82) is 0 Å².